The van der Waals surface area contributed by atoms with E-state index in [4.69, 9.17) is 25.1 Å². The van der Waals surface area contributed by atoms with Gasteiger partial charge in [0, 0.05) is 18.9 Å². The number of nitrogens with one attached hydrogen (secondary N) is 1. The van der Waals surface area contributed by atoms with Crippen molar-refractivity contribution < 1.29 is 33.7 Å². The predicted octanol–water partition coefficient (Wildman–Crippen LogP) is 1.68. The molecule has 1 amide bonds. The molecule has 0 aromatic heterocycles. The monoisotopic (exact) mass is 470 g/mol. The summed E-state index contributed by atoms with van der Waals surface area (Å²) < 4.78 is 16.2. The van der Waals surface area contributed by atoms with E-state index >= 15 is 0 Å². The molecule has 0 saturated carbocycles. The normalized spacial score (nSPS) is 13.1. The highest BCUT2D eigenvalue weighted by atomic mass is 16.5. The minimum Gasteiger partial charge on any atom is -0.481 e. The number of carboxylic acids is 1. The molecule has 0 fully saturated rings. The molecule has 34 heavy (non-hydrogen) atoms. The first-order valence-electron chi connectivity index (χ1n) is 11.2. The summed E-state index contributed by atoms with van der Waals surface area (Å²) in [6.07, 6.45) is -0.267. The highest BCUT2D eigenvalue weighted by Crippen LogP contribution is 2.44. The average Bonchev–Trinajstić information content (AvgIpc) is 3.16. The summed E-state index contributed by atoms with van der Waals surface area (Å²) in [6.45, 7) is 1.26. The van der Waals surface area contributed by atoms with E-state index in [-0.39, 0.29) is 64.2 Å². The van der Waals surface area contributed by atoms with Gasteiger partial charge in [0.1, 0.15) is 12.6 Å². The van der Waals surface area contributed by atoms with Gasteiger partial charge in [-0.05, 0) is 22.3 Å². The lowest BCUT2D eigenvalue weighted by Gasteiger charge is -2.17. The molecule has 1 unspecified atom stereocenters. The number of carbonyl (C=O) groups is 3. The molecule has 0 aliphatic heterocycles. The van der Waals surface area contributed by atoms with Crippen molar-refractivity contribution in [2.45, 2.75) is 24.8 Å². The molecule has 0 bridgehead atoms. The average molecular weight is 471 g/mol. The van der Waals surface area contributed by atoms with Crippen LogP contribution in [0.15, 0.2) is 48.5 Å². The van der Waals surface area contributed by atoms with Crippen LogP contribution in [0.1, 0.15) is 29.9 Å². The van der Waals surface area contributed by atoms with Crippen molar-refractivity contribution in [1.29, 1.82) is 0 Å². The number of hydrogen-bond acceptors (Lipinski definition) is 7. The zero-order chi connectivity index (χ0) is 24.3. The summed E-state index contributed by atoms with van der Waals surface area (Å²) in [5.41, 5.74) is 10.5. The van der Waals surface area contributed by atoms with E-state index in [9.17, 15) is 14.4 Å². The summed E-state index contributed by atoms with van der Waals surface area (Å²) in [5.74, 6) is -1.90. The molecular weight excluding hydrogens is 440 g/mol. The Bertz CT molecular complexity index is 949. The number of nitrogens with two attached hydrogens (primary N) is 1. The van der Waals surface area contributed by atoms with Crippen LogP contribution in [0.2, 0.25) is 0 Å². The second-order valence-corrected chi connectivity index (χ2v) is 7.89. The van der Waals surface area contributed by atoms with E-state index < -0.39 is 18.0 Å². The molecule has 9 heteroatoms. The van der Waals surface area contributed by atoms with Gasteiger partial charge in [-0.2, -0.15) is 0 Å². The number of carbonyl (C=O) groups excluding carboxylic acids is 2. The molecule has 182 valence electrons. The van der Waals surface area contributed by atoms with E-state index in [1.165, 1.54) is 0 Å². The third-order valence-corrected chi connectivity index (χ3v) is 5.46. The van der Waals surface area contributed by atoms with Crippen molar-refractivity contribution in [3.05, 3.63) is 59.7 Å². The molecule has 1 atom stereocenters. The Morgan fingerprint density at radius 2 is 1.53 bits per heavy atom. The van der Waals surface area contributed by atoms with Crippen molar-refractivity contribution in [3.8, 4) is 11.1 Å². The van der Waals surface area contributed by atoms with Crippen molar-refractivity contribution in [1.82, 2.24) is 5.32 Å². The summed E-state index contributed by atoms with van der Waals surface area (Å²) in [7, 11) is 0. The highest BCUT2D eigenvalue weighted by molar-refractivity contribution is 5.81. The van der Waals surface area contributed by atoms with Crippen LogP contribution in [-0.4, -0.2) is 68.6 Å². The summed E-state index contributed by atoms with van der Waals surface area (Å²) in [5, 5.41) is 11.1. The molecule has 0 heterocycles. The maximum absolute atomic E-state index is 12.4. The molecule has 0 spiro atoms. The van der Waals surface area contributed by atoms with Crippen LogP contribution in [0.4, 0.5) is 0 Å². The first-order valence-corrected chi connectivity index (χ1v) is 11.2. The number of carboxylic acid groups (broad SMARTS) is 1. The molecule has 1 aliphatic carbocycles. The van der Waals surface area contributed by atoms with Gasteiger partial charge >= 0.3 is 11.9 Å². The molecule has 2 aromatic carbocycles. The number of esters is 1. The number of benzene rings is 2. The lowest BCUT2D eigenvalue weighted by Crippen LogP contribution is -2.37. The molecular formula is C25H30N2O7. The van der Waals surface area contributed by atoms with E-state index in [2.05, 4.69) is 29.6 Å². The van der Waals surface area contributed by atoms with Crippen molar-refractivity contribution in [2.75, 3.05) is 39.6 Å². The molecule has 9 nitrogen and oxygen atoms in total. The van der Waals surface area contributed by atoms with E-state index in [1.54, 1.807) is 0 Å². The fraction of sp³-hybridized carbons (Fsp3) is 0.400. The van der Waals surface area contributed by atoms with Crippen LogP contribution < -0.4 is 11.1 Å². The van der Waals surface area contributed by atoms with Crippen LogP contribution in [0.25, 0.3) is 11.1 Å². The van der Waals surface area contributed by atoms with Crippen LogP contribution in [-0.2, 0) is 28.6 Å². The summed E-state index contributed by atoms with van der Waals surface area (Å²) >= 11 is 0. The summed E-state index contributed by atoms with van der Waals surface area (Å²) in [6, 6.07) is 15.3. The highest BCUT2D eigenvalue weighted by Gasteiger charge is 2.29. The molecule has 2 aromatic rings. The Morgan fingerprint density at radius 1 is 0.912 bits per heavy atom. The van der Waals surface area contributed by atoms with Gasteiger partial charge in [0.25, 0.3) is 0 Å². The molecule has 0 radical (unpaired) electrons. The van der Waals surface area contributed by atoms with Crippen LogP contribution in [0, 0.1) is 0 Å². The van der Waals surface area contributed by atoms with Crippen molar-refractivity contribution in [2.24, 2.45) is 5.73 Å². The van der Waals surface area contributed by atoms with Gasteiger partial charge in [0.15, 0.2) is 0 Å². The fourth-order valence-corrected chi connectivity index (χ4v) is 3.78. The minimum absolute atomic E-state index is 0.00591. The largest absolute Gasteiger partial charge is 0.481 e. The minimum atomic E-state index is -1.01. The van der Waals surface area contributed by atoms with Gasteiger partial charge in [-0.3, -0.25) is 14.4 Å². The first kappa shape index (κ1) is 25.4. The molecule has 3 rings (SSSR count). The third kappa shape index (κ3) is 7.11. The Morgan fingerprint density at radius 3 is 2.18 bits per heavy atom. The number of ether oxygens (including phenoxy) is 3. The van der Waals surface area contributed by atoms with Crippen LogP contribution in [0.3, 0.4) is 0 Å². The van der Waals surface area contributed by atoms with E-state index in [0.717, 1.165) is 22.3 Å². The second kappa shape index (κ2) is 12.8. The van der Waals surface area contributed by atoms with E-state index in [1.807, 2.05) is 24.3 Å². The zero-order valence-corrected chi connectivity index (χ0v) is 18.9. The van der Waals surface area contributed by atoms with E-state index in [0.29, 0.717) is 0 Å². The topological polar surface area (TPSA) is 137 Å². The van der Waals surface area contributed by atoms with Gasteiger partial charge < -0.3 is 30.4 Å². The zero-order valence-electron chi connectivity index (χ0n) is 18.9. The van der Waals surface area contributed by atoms with Gasteiger partial charge in [-0.15, -0.1) is 0 Å². The maximum atomic E-state index is 12.4. The fourth-order valence-electron chi connectivity index (χ4n) is 3.78. The third-order valence-electron chi connectivity index (χ3n) is 5.46. The van der Waals surface area contributed by atoms with Crippen LogP contribution >= 0.6 is 0 Å². The van der Waals surface area contributed by atoms with Crippen molar-refractivity contribution >= 4 is 17.8 Å². The van der Waals surface area contributed by atoms with Gasteiger partial charge in [0.05, 0.1) is 32.8 Å². The predicted molar refractivity (Wildman–Crippen MR) is 124 cm³/mol. The van der Waals surface area contributed by atoms with Gasteiger partial charge in [-0.25, -0.2) is 0 Å². The number of hydrogen-bond donors (Lipinski definition) is 3. The lowest BCUT2D eigenvalue weighted by atomic mass is 9.98. The number of fused-ring (bicyclic) bond motifs is 3. The molecule has 1 aliphatic rings. The standard InChI is InChI=1S/C25H30N2O7/c26-22(16-33-14-13-32-12-11-27-23(28)9-10-24(29)30)25(31)34-15-21-19-7-3-1-5-17(19)18-6-2-4-8-20(18)21/h1-8,21-22H,9-16,26H2,(H,27,28)(H,29,30). The number of amides is 1. The van der Waals surface area contributed by atoms with Gasteiger partial charge in [-0.1, -0.05) is 48.5 Å². The molecule has 0 saturated heterocycles. The number of aliphatic carboxylic acids is 1. The van der Waals surface area contributed by atoms with Crippen molar-refractivity contribution in [3.63, 3.8) is 0 Å². The number of rotatable bonds is 14. The quantitative estimate of drug-likeness (QED) is 0.280. The van der Waals surface area contributed by atoms with Gasteiger partial charge in [0.2, 0.25) is 5.91 Å². The Kier molecular flexibility index (Phi) is 9.57. The molecule has 4 N–H and O–H groups in total. The smallest absolute Gasteiger partial charge is 0.325 e. The maximum Gasteiger partial charge on any atom is 0.325 e. The Hall–Kier alpha value is -3.27. The lowest BCUT2D eigenvalue weighted by molar-refractivity contribution is -0.147. The van der Waals surface area contributed by atoms with Crippen LogP contribution in [0.5, 0.6) is 0 Å². The summed E-state index contributed by atoms with van der Waals surface area (Å²) in [4.78, 5) is 34.1. The second-order valence-electron chi connectivity index (χ2n) is 7.89. The Labute approximate surface area is 198 Å². The first-order chi connectivity index (χ1) is 16.5. The SMILES string of the molecule is NC(COCCOCCNC(=O)CCC(=O)O)C(=O)OCC1c2ccccc2-c2ccccc21. The Balaban J connectivity index is 1.30.